The van der Waals surface area contributed by atoms with E-state index in [9.17, 15) is 31.5 Å². The molecule has 0 amide bonds. The number of rotatable bonds is 4. The fourth-order valence-corrected chi connectivity index (χ4v) is 2.14. The van der Waals surface area contributed by atoms with Crippen LogP contribution in [0.25, 0.3) is 0 Å². The number of aromatic amines is 1. The molecule has 1 heterocycles. The topological polar surface area (TPSA) is 83.0 Å². The Labute approximate surface area is 124 Å². The molecule has 0 radical (unpaired) electrons. The average Bonchev–Trinajstić information content (AvgIpc) is 2.36. The van der Waals surface area contributed by atoms with Gasteiger partial charge in [0, 0.05) is 6.07 Å². The van der Waals surface area contributed by atoms with Crippen molar-refractivity contribution in [1.82, 2.24) is 4.98 Å². The van der Waals surface area contributed by atoms with Crippen LogP contribution in [0.5, 0.6) is 0 Å². The Balaban J connectivity index is 3.38. The van der Waals surface area contributed by atoms with Gasteiger partial charge in [0.2, 0.25) is 5.56 Å². The summed E-state index contributed by atoms with van der Waals surface area (Å²) in [6, 6.07) is 1.17. The lowest BCUT2D eigenvalue weighted by molar-refractivity contribution is -0.159. The highest BCUT2D eigenvalue weighted by Gasteiger charge is 2.44. The van der Waals surface area contributed by atoms with Crippen LogP contribution < -0.4 is 5.56 Å². The quantitative estimate of drug-likeness (QED) is 0.516. The van der Waals surface area contributed by atoms with Gasteiger partial charge in [0.05, 0.1) is 22.8 Å². The van der Waals surface area contributed by atoms with E-state index in [1.54, 1.807) is 4.98 Å². The number of halogens is 5. The van der Waals surface area contributed by atoms with Gasteiger partial charge in [0.15, 0.2) is 0 Å². The molecule has 0 bridgehead atoms. The normalized spacial score (nSPS) is 11.9. The first-order valence-electron chi connectivity index (χ1n) is 5.51. The number of esters is 1. The molecule has 0 spiro atoms. The van der Waals surface area contributed by atoms with Crippen molar-refractivity contribution >= 4 is 17.7 Å². The molecule has 0 saturated carbocycles. The van der Waals surface area contributed by atoms with E-state index in [2.05, 4.69) is 4.74 Å². The number of pyridine rings is 1. The third kappa shape index (κ3) is 3.97. The third-order valence-electron chi connectivity index (χ3n) is 2.17. The van der Waals surface area contributed by atoms with Crippen molar-refractivity contribution in [3.05, 3.63) is 27.5 Å². The number of thioether (sulfide) groups is 1. The highest BCUT2D eigenvalue weighted by Crippen LogP contribution is 2.40. The summed E-state index contributed by atoms with van der Waals surface area (Å²) in [7, 11) is 0. The number of H-pyrrole nitrogens is 1. The zero-order valence-corrected chi connectivity index (χ0v) is 11.6. The monoisotopic (exact) mass is 342 g/mol. The SMILES string of the molecule is CCOC(=O)C(F)(F)Sc1[nH]c(=O)cc(C(F)(F)F)c1C#N. The minimum Gasteiger partial charge on any atom is -0.461 e. The van der Waals surface area contributed by atoms with Crippen LogP contribution >= 0.6 is 11.8 Å². The van der Waals surface area contributed by atoms with E-state index in [0.717, 1.165) is 6.07 Å². The van der Waals surface area contributed by atoms with Crippen molar-refractivity contribution in [1.29, 1.82) is 5.26 Å². The molecule has 1 aromatic heterocycles. The van der Waals surface area contributed by atoms with Gasteiger partial charge in [-0.3, -0.25) is 4.79 Å². The lowest BCUT2D eigenvalue weighted by atomic mass is 10.1. The summed E-state index contributed by atoms with van der Waals surface area (Å²) in [6.45, 7) is 0.880. The molecule has 1 N–H and O–H groups in total. The molecule has 0 saturated heterocycles. The summed E-state index contributed by atoms with van der Waals surface area (Å²) in [6.07, 6.45) is -5.09. The van der Waals surface area contributed by atoms with E-state index in [1.165, 1.54) is 6.92 Å². The van der Waals surface area contributed by atoms with Crippen LogP contribution in [0.3, 0.4) is 0 Å². The Bertz CT molecular complexity index is 678. The summed E-state index contributed by atoms with van der Waals surface area (Å²) in [4.78, 5) is 23.9. The molecule has 5 nitrogen and oxygen atoms in total. The predicted octanol–water partition coefficient (Wildman–Crippen LogP) is 2.51. The van der Waals surface area contributed by atoms with Gasteiger partial charge in [-0.15, -0.1) is 0 Å². The second kappa shape index (κ2) is 6.35. The van der Waals surface area contributed by atoms with Crippen LogP contribution in [0, 0.1) is 11.3 Å². The average molecular weight is 342 g/mol. The van der Waals surface area contributed by atoms with Crippen LogP contribution in [0.4, 0.5) is 22.0 Å². The van der Waals surface area contributed by atoms with Crippen LogP contribution in [-0.2, 0) is 15.7 Å². The van der Waals surface area contributed by atoms with Gasteiger partial charge in [-0.2, -0.15) is 27.2 Å². The van der Waals surface area contributed by atoms with Crippen molar-refractivity contribution in [3.63, 3.8) is 0 Å². The van der Waals surface area contributed by atoms with E-state index in [-0.39, 0.29) is 12.7 Å². The first kappa shape index (κ1) is 18.0. The summed E-state index contributed by atoms with van der Waals surface area (Å²) < 4.78 is 69.3. The van der Waals surface area contributed by atoms with Gasteiger partial charge in [-0.05, 0) is 18.7 Å². The van der Waals surface area contributed by atoms with Crippen molar-refractivity contribution in [2.45, 2.75) is 23.4 Å². The highest BCUT2D eigenvalue weighted by molar-refractivity contribution is 8.01. The number of carbonyl (C=O) groups is 1. The maximum Gasteiger partial charge on any atom is 0.417 e. The van der Waals surface area contributed by atoms with Gasteiger partial charge in [-0.25, -0.2) is 4.79 Å². The molecule has 0 atom stereocenters. The van der Waals surface area contributed by atoms with Gasteiger partial charge in [0.25, 0.3) is 0 Å². The maximum atomic E-state index is 13.5. The number of ether oxygens (including phenoxy) is 1. The number of hydrogen-bond donors (Lipinski definition) is 1. The minimum absolute atomic E-state index is 0.0745. The molecule has 1 rings (SSSR count). The summed E-state index contributed by atoms with van der Waals surface area (Å²) >= 11 is -0.696. The third-order valence-corrected chi connectivity index (χ3v) is 3.10. The van der Waals surface area contributed by atoms with Crippen LogP contribution in [0.1, 0.15) is 18.1 Å². The number of aromatic nitrogens is 1. The number of nitrogens with one attached hydrogen (secondary N) is 1. The van der Waals surface area contributed by atoms with Gasteiger partial charge < -0.3 is 9.72 Å². The Hall–Kier alpha value is -2.09. The van der Waals surface area contributed by atoms with Crippen molar-refractivity contribution in [2.75, 3.05) is 6.61 Å². The molecule has 0 aromatic carbocycles. The molecular formula is C11H7F5N2O3S. The fraction of sp³-hybridized carbons (Fsp3) is 0.364. The zero-order valence-electron chi connectivity index (χ0n) is 10.8. The fourth-order valence-electron chi connectivity index (χ4n) is 1.33. The summed E-state index contributed by atoms with van der Waals surface area (Å²) in [5, 5.41) is 3.41. The molecule has 0 aliphatic carbocycles. The smallest absolute Gasteiger partial charge is 0.417 e. The second-order valence-corrected chi connectivity index (χ2v) is 4.83. The minimum atomic E-state index is -5.09. The van der Waals surface area contributed by atoms with Gasteiger partial charge in [0.1, 0.15) is 6.07 Å². The van der Waals surface area contributed by atoms with E-state index in [4.69, 9.17) is 5.26 Å². The lowest BCUT2D eigenvalue weighted by Crippen LogP contribution is -2.28. The first-order chi connectivity index (χ1) is 10.0. The van der Waals surface area contributed by atoms with Crippen LogP contribution in [-0.4, -0.2) is 22.8 Å². The molecule has 0 aliphatic rings. The highest BCUT2D eigenvalue weighted by atomic mass is 32.2. The van der Waals surface area contributed by atoms with Crippen LogP contribution in [0.2, 0.25) is 0 Å². The summed E-state index contributed by atoms with van der Waals surface area (Å²) in [5.74, 6) is -2.00. The molecule has 22 heavy (non-hydrogen) atoms. The Morgan fingerprint density at radius 2 is 2.00 bits per heavy atom. The van der Waals surface area contributed by atoms with Gasteiger partial charge >= 0.3 is 17.4 Å². The molecule has 0 fully saturated rings. The van der Waals surface area contributed by atoms with Crippen molar-refractivity contribution in [3.8, 4) is 6.07 Å². The zero-order chi connectivity index (χ0) is 17.1. The number of carbonyl (C=O) groups excluding carboxylic acids is 1. The standard InChI is InChI=1S/C11H7F5N2O3S/c1-2-21-9(20)11(15,16)22-8-5(4-17)6(10(12,13)14)3-7(19)18-8/h3H,2H2,1H3,(H,18,19). The van der Waals surface area contributed by atoms with E-state index in [1.807, 2.05) is 0 Å². The number of alkyl halides is 5. The van der Waals surface area contributed by atoms with Gasteiger partial charge in [-0.1, -0.05) is 0 Å². The lowest BCUT2D eigenvalue weighted by Gasteiger charge is -2.16. The van der Waals surface area contributed by atoms with E-state index in [0.29, 0.717) is 0 Å². The number of hydrogen-bond acceptors (Lipinski definition) is 5. The number of nitrogens with zero attached hydrogens (tertiary/aromatic N) is 1. The van der Waals surface area contributed by atoms with Crippen molar-refractivity contribution < 1.29 is 31.5 Å². The Morgan fingerprint density at radius 3 is 2.45 bits per heavy atom. The molecule has 120 valence electrons. The largest absolute Gasteiger partial charge is 0.461 e. The second-order valence-electron chi connectivity index (χ2n) is 3.70. The Morgan fingerprint density at radius 1 is 1.41 bits per heavy atom. The maximum absolute atomic E-state index is 13.5. The predicted molar refractivity (Wildman–Crippen MR) is 64.2 cm³/mol. The molecule has 11 heteroatoms. The molecule has 1 aromatic rings. The van der Waals surface area contributed by atoms with E-state index >= 15 is 0 Å². The van der Waals surface area contributed by atoms with E-state index < -0.39 is 50.9 Å². The molecular weight excluding hydrogens is 335 g/mol. The molecule has 0 unspecified atom stereocenters. The number of nitriles is 1. The molecule has 0 aliphatic heterocycles. The van der Waals surface area contributed by atoms with Crippen LogP contribution in [0.15, 0.2) is 15.9 Å². The first-order valence-corrected chi connectivity index (χ1v) is 6.33. The summed E-state index contributed by atoms with van der Waals surface area (Å²) in [5.41, 5.74) is -4.21. The van der Waals surface area contributed by atoms with Crippen molar-refractivity contribution in [2.24, 2.45) is 0 Å². The Kier molecular flexibility index (Phi) is 5.18.